The van der Waals surface area contributed by atoms with E-state index in [1.165, 1.54) is 22.7 Å². The van der Waals surface area contributed by atoms with Crippen LogP contribution in [0.25, 0.3) is 0 Å². The predicted molar refractivity (Wildman–Crippen MR) is 77.8 cm³/mol. The number of halogens is 1. The number of methoxy groups -OCH3 is 1. The number of rotatable bonds is 7. The zero-order valence-electron chi connectivity index (χ0n) is 11.1. The third kappa shape index (κ3) is 4.85. The molecule has 1 aromatic rings. The SMILES string of the molecule is C=C(Cl)CS(=O)(=O)N(C)Cc1csc([C@H](C)OC)n1. The number of hydrogen-bond acceptors (Lipinski definition) is 5. The number of ether oxygens (including phenoxy) is 1. The summed E-state index contributed by atoms with van der Waals surface area (Å²) in [7, 11) is -0.340. The van der Waals surface area contributed by atoms with Crippen LogP contribution in [0.2, 0.25) is 0 Å². The van der Waals surface area contributed by atoms with Crippen LogP contribution in [0.15, 0.2) is 17.0 Å². The van der Waals surface area contributed by atoms with Crippen LogP contribution in [0.3, 0.4) is 0 Å². The first-order valence-electron chi connectivity index (χ1n) is 5.50. The summed E-state index contributed by atoms with van der Waals surface area (Å²) in [6.07, 6.45) is -0.0942. The smallest absolute Gasteiger partial charge is 0.219 e. The fourth-order valence-corrected chi connectivity index (χ4v) is 3.52. The molecule has 0 aliphatic rings. The van der Waals surface area contributed by atoms with Crippen LogP contribution < -0.4 is 0 Å². The minimum absolute atomic E-state index is 0.0942. The first-order chi connectivity index (χ1) is 8.76. The molecular formula is C11H17ClN2O3S2. The highest BCUT2D eigenvalue weighted by Crippen LogP contribution is 2.21. The van der Waals surface area contributed by atoms with Crippen molar-refractivity contribution in [2.45, 2.75) is 19.6 Å². The van der Waals surface area contributed by atoms with Crippen LogP contribution in [-0.4, -0.2) is 37.6 Å². The van der Waals surface area contributed by atoms with Gasteiger partial charge in [0.1, 0.15) is 11.1 Å². The minimum atomic E-state index is -3.44. The highest BCUT2D eigenvalue weighted by Gasteiger charge is 2.20. The summed E-state index contributed by atoms with van der Waals surface area (Å²) in [4.78, 5) is 4.35. The molecule has 0 amide bonds. The number of aromatic nitrogens is 1. The Morgan fingerprint density at radius 1 is 1.68 bits per heavy atom. The highest BCUT2D eigenvalue weighted by atomic mass is 35.5. The molecule has 0 aromatic carbocycles. The summed E-state index contributed by atoms with van der Waals surface area (Å²) >= 11 is 6.99. The van der Waals surface area contributed by atoms with Crippen molar-refractivity contribution in [3.63, 3.8) is 0 Å². The first-order valence-corrected chi connectivity index (χ1v) is 8.37. The summed E-state index contributed by atoms with van der Waals surface area (Å²) < 4.78 is 30.1. The number of nitrogens with zero attached hydrogens (tertiary/aromatic N) is 2. The zero-order chi connectivity index (χ0) is 14.6. The van der Waals surface area contributed by atoms with E-state index >= 15 is 0 Å². The van der Waals surface area contributed by atoms with Crippen molar-refractivity contribution in [2.24, 2.45) is 0 Å². The topological polar surface area (TPSA) is 59.5 Å². The Kier molecular flexibility index (Phi) is 5.94. The molecule has 0 radical (unpaired) electrons. The Morgan fingerprint density at radius 2 is 2.32 bits per heavy atom. The van der Waals surface area contributed by atoms with Gasteiger partial charge in [0, 0.05) is 24.6 Å². The molecule has 108 valence electrons. The van der Waals surface area contributed by atoms with Crippen LogP contribution in [0, 0.1) is 0 Å². The van der Waals surface area contributed by atoms with Gasteiger partial charge in [-0.05, 0) is 6.92 Å². The highest BCUT2D eigenvalue weighted by molar-refractivity contribution is 7.89. The molecule has 0 saturated carbocycles. The molecule has 8 heteroatoms. The molecule has 0 unspecified atom stereocenters. The molecule has 0 aliphatic carbocycles. The van der Waals surface area contributed by atoms with E-state index in [1.54, 1.807) is 7.11 Å². The maximum absolute atomic E-state index is 11.9. The lowest BCUT2D eigenvalue weighted by atomic mass is 10.4. The fraction of sp³-hybridized carbons (Fsp3) is 0.545. The van der Waals surface area contributed by atoms with Crippen molar-refractivity contribution in [2.75, 3.05) is 19.9 Å². The third-order valence-corrected chi connectivity index (χ3v) is 5.61. The van der Waals surface area contributed by atoms with Crippen molar-refractivity contribution >= 4 is 33.0 Å². The van der Waals surface area contributed by atoms with E-state index < -0.39 is 10.0 Å². The van der Waals surface area contributed by atoms with E-state index in [2.05, 4.69) is 11.6 Å². The quantitative estimate of drug-likeness (QED) is 0.772. The van der Waals surface area contributed by atoms with Gasteiger partial charge in [0.25, 0.3) is 0 Å². The van der Waals surface area contributed by atoms with Crippen LogP contribution in [0.5, 0.6) is 0 Å². The van der Waals surface area contributed by atoms with E-state index in [4.69, 9.17) is 16.3 Å². The van der Waals surface area contributed by atoms with Gasteiger partial charge in [0.2, 0.25) is 10.0 Å². The van der Waals surface area contributed by atoms with Gasteiger partial charge in [0.05, 0.1) is 18.0 Å². The summed E-state index contributed by atoms with van der Waals surface area (Å²) in [6, 6.07) is 0. The van der Waals surface area contributed by atoms with E-state index in [1.807, 2.05) is 12.3 Å². The predicted octanol–water partition coefficient (Wildman–Crippen LogP) is 2.36. The van der Waals surface area contributed by atoms with Gasteiger partial charge in [-0.1, -0.05) is 18.2 Å². The molecule has 0 fully saturated rings. The Hall–Kier alpha value is -0.470. The summed E-state index contributed by atoms with van der Waals surface area (Å²) in [5, 5.41) is 2.75. The maximum atomic E-state index is 11.9. The van der Waals surface area contributed by atoms with Crippen molar-refractivity contribution in [1.29, 1.82) is 0 Å². The molecule has 1 aromatic heterocycles. The average Bonchev–Trinajstić information content (AvgIpc) is 2.74. The molecule has 1 atom stereocenters. The molecule has 0 saturated heterocycles. The summed E-state index contributed by atoms with van der Waals surface area (Å²) in [5.41, 5.74) is 0.690. The molecule has 0 bridgehead atoms. The lowest BCUT2D eigenvalue weighted by Gasteiger charge is -2.15. The standard InChI is InChI=1S/C11H17ClN2O3S2/c1-8(12)7-19(15,16)14(3)5-10-6-18-11(13-10)9(2)17-4/h6,9H,1,5,7H2,2-4H3/t9-/m0/s1. The molecule has 0 aliphatic heterocycles. The fourth-order valence-electron chi connectivity index (χ4n) is 1.32. The third-order valence-electron chi connectivity index (χ3n) is 2.47. The second-order valence-corrected chi connectivity index (χ2v) is 7.58. The molecule has 1 rings (SSSR count). The van der Waals surface area contributed by atoms with E-state index in [0.717, 1.165) is 5.01 Å². The number of hydrogen-bond donors (Lipinski definition) is 0. The zero-order valence-corrected chi connectivity index (χ0v) is 13.5. The molecular weight excluding hydrogens is 308 g/mol. The Bertz CT molecular complexity index is 542. The minimum Gasteiger partial charge on any atom is -0.375 e. The largest absolute Gasteiger partial charge is 0.375 e. The molecule has 5 nitrogen and oxygen atoms in total. The van der Waals surface area contributed by atoms with E-state index in [-0.39, 0.29) is 23.4 Å². The van der Waals surface area contributed by atoms with Gasteiger partial charge in [0.15, 0.2) is 0 Å². The molecule has 0 N–H and O–H groups in total. The Morgan fingerprint density at radius 3 is 2.84 bits per heavy atom. The lowest BCUT2D eigenvalue weighted by molar-refractivity contribution is 0.119. The lowest BCUT2D eigenvalue weighted by Crippen LogP contribution is -2.29. The monoisotopic (exact) mass is 324 g/mol. The number of thiazole rings is 1. The van der Waals surface area contributed by atoms with Gasteiger partial charge >= 0.3 is 0 Å². The van der Waals surface area contributed by atoms with Gasteiger partial charge in [-0.2, -0.15) is 4.31 Å². The maximum Gasteiger partial charge on any atom is 0.219 e. The Labute approximate surface area is 122 Å². The van der Waals surface area contributed by atoms with Crippen LogP contribution in [0.1, 0.15) is 23.7 Å². The second-order valence-electron chi connectivity index (χ2n) is 4.08. The molecule has 0 spiro atoms. The van der Waals surface area contributed by atoms with Gasteiger partial charge in [-0.3, -0.25) is 0 Å². The van der Waals surface area contributed by atoms with Crippen LogP contribution in [-0.2, 0) is 21.3 Å². The second kappa shape index (κ2) is 6.81. The number of sulfonamides is 1. The van der Waals surface area contributed by atoms with Gasteiger partial charge < -0.3 is 4.74 Å². The average molecular weight is 325 g/mol. The van der Waals surface area contributed by atoms with Crippen LogP contribution >= 0.6 is 22.9 Å². The molecule has 19 heavy (non-hydrogen) atoms. The van der Waals surface area contributed by atoms with E-state index in [9.17, 15) is 8.42 Å². The van der Waals surface area contributed by atoms with Crippen LogP contribution in [0.4, 0.5) is 0 Å². The van der Waals surface area contributed by atoms with Crippen molar-refractivity contribution in [3.05, 3.63) is 27.7 Å². The summed E-state index contributed by atoms with van der Waals surface area (Å²) in [6.45, 7) is 5.49. The Balaban J connectivity index is 2.74. The molecule has 1 heterocycles. The normalized spacial score (nSPS) is 13.7. The summed E-state index contributed by atoms with van der Waals surface area (Å²) in [5.74, 6) is -0.267. The van der Waals surface area contributed by atoms with Gasteiger partial charge in [-0.25, -0.2) is 13.4 Å². The van der Waals surface area contributed by atoms with Crippen molar-refractivity contribution in [1.82, 2.24) is 9.29 Å². The van der Waals surface area contributed by atoms with Crippen molar-refractivity contribution < 1.29 is 13.2 Å². The van der Waals surface area contributed by atoms with Crippen molar-refractivity contribution in [3.8, 4) is 0 Å². The van der Waals surface area contributed by atoms with E-state index in [0.29, 0.717) is 5.69 Å². The first kappa shape index (κ1) is 16.6. The van der Waals surface area contributed by atoms with Gasteiger partial charge in [-0.15, -0.1) is 11.3 Å².